The molecule has 6 nitrogen and oxygen atoms in total. The molecule has 1 fully saturated rings. The van der Waals surface area contributed by atoms with Crippen LogP contribution >= 0.6 is 0 Å². The third-order valence-corrected chi connectivity index (χ3v) is 5.68. The van der Waals surface area contributed by atoms with Gasteiger partial charge in [0.2, 0.25) is 5.91 Å². The lowest BCUT2D eigenvalue weighted by Crippen LogP contribution is -2.43. The molecule has 1 atom stereocenters. The lowest BCUT2D eigenvalue weighted by atomic mass is 9.79. The van der Waals surface area contributed by atoms with Gasteiger partial charge in [-0.1, -0.05) is 19.8 Å². The predicted molar refractivity (Wildman–Crippen MR) is 104 cm³/mol. The van der Waals surface area contributed by atoms with E-state index in [0.29, 0.717) is 5.82 Å². The van der Waals surface area contributed by atoms with Crippen LogP contribution in [-0.2, 0) is 11.8 Å². The first-order valence-electron chi connectivity index (χ1n) is 9.40. The summed E-state index contributed by atoms with van der Waals surface area (Å²) < 4.78 is 1.87. The van der Waals surface area contributed by atoms with Gasteiger partial charge >= 0.3 is 0 Å². The molecule has 1 saturated carbocycles. The van der Waals surface area contributed by atoms with E-state index >= 15 is 0 Å². The van der Waals surface area contributed by atoms with Crippen LogP contribution in [0.25, 0.3) is 11.1 Å². The molecule has 2 aromatic heterocycles. The summed E-state index contributed by atoms with van der Waals surface area (Å²) in [6.07, 6.45) is 6.15. The molecule has 1 amide bonds. The number of hydrogen-bond acceptors (Lipinski definition) is 4. The van der Waals surface area contributed by atoms with Crippen molar-refractivity contribution in [3.8, 4) is 11.1 Å². The van der Waals surface area contributed by atoms with Crippen LogP contribution < -0.4 is 11.1 Å². The van der Waals surface area contributed by atoms with Gasteiger partial charge in [-0.05, 0) is 50.7 Å². The minimum atomic E-state index is -0.466. The van der Waals surface area contributed by atoms with E-state index in [1.807, 2.05) is 37.7 Å². The number of aromatic nitrogens is 3. The third kappa shape index (κ3) is 3.80. The fraction of sp³-hybridized carbons (Fsp3) is 0.550. The Morgan fingerprint density at radius 1 is 1.27 bits per heavy atom. The fourth-order valence-electron chi connectivity index (χ4n) is 3.88. The Morgan fingerprint density at radius 3 is 2.50 bits per heavy atom. The number of pyridine rings is 1. The first-order chi connectivity index (χ1) is 12.4. The molecular weight excluding hydrogens is 326 g/mol. The second kappa shape index (κ2) is 7.58. The van der Waals surface area contributed by atoms with E-state index < -0.39 is 6.04 Å². The predicted octanol–water partition coefficient (Wildman–Crippen LogP) is 3.19. The molecule has 140 valence electrons. The Morgan fingerprint density at radius 2 is 1.96 bits per heavy atom. The van der Waals surface area contributed by atoms with E-state index in [1.165, 1.54) is 0 Å². The van der Waals surface area contributed by atoms with Gasteiger partial charge in [0.1, 0.15) is 5.82 Å². The highest BCUT2D eigenvalue weighted by Gasteiger charge is 2.28. The quantitative estimate of drug-likeness (QED) is 0.882. The lowest BCUT2D eigenvalue weighted by Gasteiger charge is -2.29. The summed E-state index contributed by atoms with van der Waals surface area (Å²) in [5, 5.41) is 7.31. The summed E-state index contributed by atoms with van der Waals surface area (Å²) in [5.41, 5.74) is 10.3. The molecule has 26 heavy (non-hydrogen) atoms. The summed E-state index contributed by atoms with van der Waals surface area (Å²) in [7, 11) is 1.93. The summed E-state index contributed by atoms with van der Waals surface area (Å²) in [6, 6.07) is 3.33. The van der Waals surface area contributed by atoms with Gasteiger partial charge in [0, 0.05) is 30.1 Å². The molecule has 0 saturated heterocycles. The minimum absolute atomic E-state index is 0.140. The number of carbonyl (C=O) groups excluding carboxylic acids is 1. The highest BCUT2D eigenvalue weighted by atomic mass is 16.2. The molecule has 1 aliphatic rings. The Labute approximate surface area is 155 Å². The number of rotatable bonds is 4. The van der Waals surface area contributed by atoms with E-state index in [1.54, 1.807) is 6.20 Å². The zero-order valence-electron chi connectivity index (χ0n) is 16.1. The number of nitrogens with two attached hydrogens (primary N) is 1. The monoisotopic (exact) mass is 355 g/mol. The Kier molecular flexibility index (Phi) is 5.41. The van der Waals surface area contributed by atoms with Crippen molar-refractivity contribution >= 4 is 11.7 Å². The van der Waals surface area contributed by atoms with E-state index in [0.717, 1.165) is 54.1 Å². The van der Waals surface area contributed by atoms with Crippen LogP contribution in [0.1, 0.15) is 44.0 Å². The molecule has 0 aliphatic heterocycles. The zero-order chi connectivity index (χ0) is 18.8. The lowest BCUT2D eigenvalue weighted by molar-refractivity contribution is -0.118. The molecule has 0 bridgehead atoms. The largest absolute Gasteiger partial charge is 0.320 e. The molecule has 0 aromatic carbocycles. The number of hydrogen-bond donors (Lipinski definition) is 2. The SMILES string of the molecule is Cc1nn(C)c(C)c1-c1ccc(NC(=O)C(N)C2CCC(C)CC2)nc1. The first-order valence-corrected chi connectivity index (χ1v) is 9.40. The Hall–Kier alpha value is -2.21. The Balaban J connectivity index is 1.66. The van der Waals surface area contributed by atoms with Gasteiger partial charge in [0.05, 0.1) is 11.7 Å². The van der Waals surface area contributed by atoms with Gasteiger partial charge in [-0.3, -0.25) is 9.48 Å². The van der Waals surface area contributed by atoms with Gasteiger partial charge in [0.25, 0.3) is 0 Å². The van der Waals surface area contributed by atoms with Gasteiger partial charge in [-0.25, -0.2) is 4.98 Å². The summed E-state index contributed by atoms with van der Waals surface area (Å²) >= 11 is 0. The highest BCUT2D eigenvalue weighted by Crippen LogP contribution is 2.30. The van der Waals surface area contributed by atoms with Crippen LogP contribution in [0.5, 0.6) is 0 Å². The van der Waals surface area contributed by atoms with Crippen molar-refractivity contribution in [2.75, 3.05) is 5.32 Å². The van der Waals surface area contributed by atoms with Crippen molar-refractivity contribution in [1.29, 1.82) is 0 Å². The van der Waals surface area contributed by atoms with Crippen molar-refractivity contribution in [2.45, 2.75) is 52.5 Å². The average Bonchev–Trinajstić information content (AvgIpc) is 2.88. The van der Waals surface area contributed by atoms with E-state index in [9.17, 15) is 4.79 Å². The van der Waals surface area contributed by atoms with E-state index in [2.05, 4.69) is 22.3 Å². The van der Waals surface area contributed by atoms with Crippen LogP contribution in [-0.4, -0.2) is 26.7 Å². The number of carbonyl (C=O) groups is 1. The summed E-state index contributed by atoms with van der Waals surface area (Å²) in [6.45, 7) is 6.29. The molecule has 0 spiro atoms. The average molecular weight is 355 g/mol. The van der Waals surface area contributed by atoms with Crippen LogP contribution in [0.3, 0.4) is 0 Å². The van der Waals surface area contributed by atoms with Crippen molar-refractivity contribution in [2.24, 2.45) is 24.6 Å². The number of nitrogens with zero attached hydrogens (tertiary/aromatic N) is 3. The van der Waals surface area contributed by atoms with Crippen LogP contribution in [0, 0.1) is 25.7 Å². The number of aryl methyl sites for hydroxylation is 2. The van der Waals surface area contributed by atoms with Crippen molar-refractivity contribution in [3.05, 3.63) is 29.7 Å². The molecule has 3 N–H and O–H groups in total. The molecular formula is C20H29N5O. The maximum atomic E-state index is 12.5. The summed E-state index contributed by atoms with van der Waals surface area (Å²) in [5.74, 6) is 1.41. The molecule has 2 heterocycles. The highest BCUT2D eigenvalue weighted by molar-refractivity contribution is 5.94. The standard InChI is InChI=1S/C20H29N5O/c1-12-5-7-15(8-6-12)19(21)20(26)23-17-10-9-16(11-22-17)18-13(2)24-25(4)14(18)3/h9-12,15,19H,5-8,21H2,1-4H3,(H,22,23,26). The number of nitrogens with one attached hydrogen (secondary N) is 1. The zero-order valence-corrected chi connectivity index (χ0v) is 16.1. The van der Waals surface area contributed by atoms with Gasteiger partial charge in [-0.2, -0.15) is 5.10 Å². The number of amides is 1. The second-order valence-corrected chi connectivity index (χ2v) is 7.64. The van der Waals surface area contributed by atoms with Crippen molar-refractivity contribution in [3.63, 3.8) is 0 Å². The van der Waals surface area contributed by atoms with Crippen LogP contribution in [0.2, 0.25) is 0 Å². The third-order valence-electron chi connectivity index (χ3n) is 5.68. The molecule has 3 rings (SSSR count). The van der Waals surface area contributed by atoms with Crippen molar-refractivity contribution in [1.82, 2.24) is 14.8 Å². The van der Waals surface area contributed by atoms with Gasteiger partial charge in [-0.15, -0.1) is 0 Å². The van der Waals surface area contributed by atoms with Gasteiger partial charge < -0.3 is 11.1 Å². The maximum absolute atomic E-state index is 12.5. The normalized spacial score (nSPS) is 21.4. The second-order valence-electron chi connectivity index (χ2n) is 7.64. The minimum Gasteiger partial charge on any atom is -0.320 e. The molecule has 2 aromatic rings. The fourth-order valence-corrected chi connectivity index (χ4v) is 3.88. The van der Waals surface area contributed by atoms with Crippen molar-refractivity contribution < 1.29 is 4.79 Å². The summed E-state index contributed by atoms with van der Waals surface area (Å²) in [4.78, 5) is 16.9. The first kappa shape index (κ1) is 18.6. The molecule has 0 radical (unpaired) electrons. The van der Waals surface area contributed by atoms with Crippen LogP contribution in [0.15, 0.2) is 18.3 Å². The Bertz CT molecular complexity index is 772. The van der Waals surface area contributed by atoms with Gasteiger partial charge in [0.15, 0.2) is 0 Å². The maximum Gasteiger partial charge on any atom is 0.242 e. The van der Waals surface area contributed by atoms with E-state index in [-0.39, 0.29) is 11.8 Å². The molecule has 1 aliphatic carbocycles. The van der Waals surface area contributed by atoms with E-state index in [4.69, 9.17) is 5.73 Å². The van der Waals surface area contributed by atoms with Crippen LogP contribution in [0.4, 0.5) is 5.82 Å². The number of anilines is 1. The molecule has 6 heteroatoms. The topological polar surface area (TPSA) is 85.8 Å². The smallest absolute Gasteiger partial charge is 0.242 e. The molecule has 1 unspecified atom stereocenters.